The van der Waals surface area contributed by atoms with Gasteiger partial charge in [-0.05, 0) is 37.2 Å². The van der Waals surface area contributed by atoms with Crippen molar-refractivity contribution >= 4 is 54.1 Å². The minimum Gasteiger partial charge on any atom is -0.481 e. The van der Waals surface area contributed by atoms with Gasteiger partial charge in [0.2, 0.25) is 17.7 Å². The van der Waals surface area contributed by atoms with Gasteiger partial charge in [0.15, 0.2) is 0 Å². The van der Waals surface area contributed by atoms with Crippen LogP contribution >= 0.6 is 24.4 Å². The Morgan fingerprint density at radius 2 is 1.44 bits per heavy atom. The molecule has 4 unspecified atom stereocenters. The van der Waals surface area contributed by atoms with Gasteiger partial charge in [-0.1, -0.05) is 13.8 Å². The molecule has 0 aromatic heterocycles. The van der Waals surface area contributed by atoms with E-state index in [9.17, 15) is 29.1 Å². The number of amides is 3. The molecule has 0 fully saturated rings. The van der Waals surface area contributed by atoms with Gasteiger partial charge in [-0.25, -0.2) is 4.79 Å². The standard InChI is InChI=1S/C19H34N4O7S2/c1-10(2)8-11(20)16(26)21-12(6-7-32-3)17(27)23-14(9-31)18(28)22-13(19(29)30)4-5-15(24)25/h10-14,31H,4-9,20H2,1-3H3,(H,21,26)(H,22,28)(H,23,27)(H,24,25)(H,29,30). The number of carboxylic acid groups (broad SMARTS) is 2. The van der Waals surface area contributed by atoms with Gasteiger partial charge < -0.3 is 31.9 Å². The Morgan fingerprint density at radius 3 is 1.91 bits per heavy atom. The van der Waals surface area contributed by atoms with Crippen molar-refractivity contribution in [2.24, 2.45) is 11.7 Å². The monoisotopic (exact) mass is 494 g/mol. The second-order valence-corrected chi connectivity index (χ2v) is 9.01. The lowest BCUT2D eigenvalue weighted by Gasteiger charge is -2.24. The molecule has 32 heavy (non-hydrogen) atoms. The number of thioether (sulfide) groups is 1. The predicted molar refractivity (Wildman–Crippen MR) is 125 cm³/mol. The summed E-state index contributed by atoms with van der Waals surface area (Å²) >= 11 is 5.51. The average Bonchev–Trinajstić information content (AvgIpc) is 2.70. The van der Waals surface area contributed by atoms with Crippen molar-refractivity contribution in [1.29, 1.82) is 0 Å². The highest BCUT2D eigenvalue weighted by molar-refractivity contribution is 7.98. The van der Waals surface area contributed by atoms with Crippen molar-refractivity contribution in [1.82, 2.24) is 16.0 Å². The lowest BCUT2D eigenvalue weighted by molar-refractivity contribution is -0.143. The highest BCUT2D eigenvalue weighted by Crippen LogP contribution is 2.06. The molecule has 3 amide bonds. The van der Waals surface area contributed by atoms with E-state index in [1.54, 1.807) is 0 Å². The van der Waals surface area contributed by atoms with Crippen LogP contribution < -0.4 is 21.7 Å². The largest absolute Gasteiger partial charge is 0.481 e. The summed E-state index contributed by atoms with van der Waals surface area (Å²) in [5, 5.41) is 25.2. The third kappa shape index (κ3) is 12.2. The zero-order chi connectivity index (χ0) is 24.8. The maximum absolute atomic E-state index is 12.8. The number of rotatable bonds is 16. The highest BCUT2D eigenvalue weighted by Gasteiger charge is 2.29. The Labute approximate surface area is 197 Å². The first-order valence-electron chi connectivity index (χ1n) is 10.1. The summed E-state index contributed by atoms with van der Waals surface area (Å²) in [7, 11) is 0. The number of aliphatic carboxylic acids is 2. The zero-order valence-electron chi connectivity index (χ0n) is 18.5. The average molecular weight is 495 g/mol. The van der Waals surface area contributed by atoms with E-state index in [0.29, 0.717) is 18.6 Å². The van der Waals surface area contributed by atoms with Gasteiger partial charge in [-0.3, -0.25) is 19.2 Å². The zero-order valence-corrected chi connectivity index (χ0v) is 20.2. The van der Waals surface area contributed by atoms with Crippen LogP contribution in [0.15, 0.2) is 0 Å². The van der Waals surface area contributed by atoms with Gasteiger partial charge in [-0.15, -0.1) is 0 Å². The summed E-state index contributed by atoms with van der Waals surface area (Å²) < 4.78 is 0. The van der Waals surface area contributed by atoms with E-state index in [1.165, 1.54) is 11.8 Å². The van der Waals surface area contributed by atoms with Crippen LogP contribution in [0.2, 0.25) is 0 Å². The van der Waals surface area contributed by atoms with Crippen LogP contribution in [0.3, 0.4) is 0 Å². The van der Waals surface area contributed by atoms with E-state index >= 15 is 0 Å². The molecule has 0 aliphatic heterocycles. The molecule has 0 bridgehead atoms. The summed E-state index contributed by atoms with van der Waals surface area (Å²) in [4.78, 5) is 59.6. The van der Waals surface area contributed by atoms with Gasteiger partial charge in [0, 0.05) is 12.2 Å². The molecule has 0 rings (SSSR count). The van der Waals surface area contributed by atoms with E-state index in [1.807, 2.05) is 20.1 Å². The van der Waals surface area contributed by atoms with Crippen molar-refractivity contribution in [2.75, 3.05) is 17.8 Å². The van der Waals surface area contributed by atoms with Crippen molar-refractivity contribution in [3.8, 4) is 0 Å². The molecule has 0 saturated carbocycles. The molecular formula is C19H34N4O7S2. The quantitative estimate of drug-likeness (QED) is 0.138. The van der Waals surface area contributed by atoms with Gasteiger partial charge in [-0.2, -0.15) is 24.4 Å². The van der Waals surface area contributed by atoms with E-state index in [4.69, 9.17) is 10.8 Å². The Bertz CT molecular complexity index is 664. The number of nitrogens with two attached hydrogens (primary N) is 1. The number of carbonyl (C=O) groups excluding carboxylic acids is 3. The van der Waals surface area contributed by atoms with E-state index in [2.05, 4.69) is 28.6 Å². The molecule has 11 nitrogen and oxygen atoms in total. The Kier molecular flexibility index (Phi) is 14.8. The van der Waals surface area contributed by atoms with Crippen LogP contribution in [0.5, 0.6) is 0 Å². The first-order chi connectivity index (χ1) is 14.9. The Balaban J connectivity index is 5.18. The second kappa shape index (κ2) is 15.8. The number of carboxylic acids is 2. The van der Waals surface area contributed by atoms with Gasteiger partial charge in [0.1, 0.15) is 18.1 Å². The lowest BCUT2D eigenvalue weighted by Crippen LogP contribution is -2.57. The van der Waals surface area contributed by atoms with Crippen LogP contribution in [-0.4, -0.2) is 81.8 Å². The Hall–Kier alpha value is -1.99. The molecule has 0 heterocycles. The van der Waals surface area contributed by atoms with E-state index in [0.717, 1.165) is 0 Å². The third-order valence-corrected chi connectivity index (χ3v) is 5.39. The van der Waals surface area contributed by atoms with Crippen molar-refractivity contribution in [3.05, 3.63) is 0 Å². The predicted octanol–water partition coefficient (Wildman–Crippen LogP) is -0.553. The molecular weight excluding hydrogens is 460 g/mol. The van der Waals surface area contributed by atoms with Crippen molar-refractivity contribution in [2.45, 2.75) is 63.7 Å². The number of carbonyl (C=O) groups is 5. The van der Waals surface area contributed by atoms with Gasteiger partial charge in [0.05, 0.1) is 6.04 Å². The fourth-order valence-corrected chi connectivity index (χ4v) is 3.39. The SMILES string of the molecule is CSCCC(NC(=O)C(N)CC(C)C)C(=O)NC(CS)C(=O)NC(CCC(=O)O)C(=O)O. The minimum absolute atomic E-state index is 0.140. The molecule has 0 spiro atoms. The second-order valence-electron chi connectivity index (χ2n) is 7.65. The fourth-order valence-electron chi connectivity index (χ4n) is 2.66. The summed E-state index contributed by atoms with van der Waals surface area (Å²) in [5.41, 5.74) is 5.88. The highest BCUT2D eigenvalue weighted by atomic mass is 32.2. The lowest BCUT2D eigenvalue weighted by atomic mass is 10.0. The summed E-state index contributed by atoms with van der Waals surface area (Å²) in [6, 6.07) is -4.34. The van der Waals surface area contributed by atoms with Crippen LogP contribution in [0.4, 0.5) is 0 Å². The number of thiol groups is 1. The van der Waals surface area contributed by atoms with E-state index < -0.39 is 60.2 Å². The molecule has 184 valence electrons. The summed E-state index contributed by atoms with van der Waals surface area (Å²) in [6.45, 7) is 3.84. The van der Waals surface area contributed by atoms with Crippen LogP contribution in [0.1, 0.15) is 39.5 Å². The molecule has 4 atom stereocenters. The number of hydrogen-bond acceptors (Lipinski definition) is 8. The summed E-state index contributed by atoms with van der Waals surface area (Å²) in [6.07, 6.45) is 1.81. The van der Waals surface area contributed by atoms with Gasteiger partial charge in [0.25, 0.3) is 0 Å². The van der Waals surface area contributed by atoms with Crippen LogP contribution in [-0.2, 0) is 24.0 Å². The molecule has 0 aromatic carbocycles. The molecule has 0 aliphatic carbocycles. The maximum atomic E-state index is 12.8. The fraction of sp³-hybridized carbons (Fsp3) is 0.737. The first kappa shape index (κ1) is 30.0. The normalized spacial score (nSPS) is 14.7. The molecule has 0 aliphatic rings. The molecule has 7 N–H and O–H groups in total. The van der Waals surface area contributed by atoms with E-state index in [-0.39, 0.29) is 18.1 Å². The Morgan fingerprint density at radius 1 is 0.906 bits per heavy atom. The smallest absolute Gasteiger partial charge is 0.326 e. The van der Waals surface area contributed by atoms with Crippen LogP contribution in [0.25, 0.3) is 0 Å². The molecule has 0 aromatic rings. The molecule has 13 heteroatoms. The number of nitrogens with one attached hydrogen (secondary N) is 3. The maximum Gasteiger partial charge on any atom is 0.326 e. The van der Waals surface area contributed by atoms with Crippen molar-refractivity contribution in [3.63, 3.8) is 0 Å². The topological polar surface area (TPSA) is 188 Å². The number of hydrogen-bond donors (Lipinski definition) is 7. The third-order valence-electron chi connectivity index (χ3n) is 4.38. The molecule has 0 radical (unpaired) electrons. The van der Waals surface area contributed by atoms with Gasteiger partial charge >= 0.3 is 11.9 Å². The first-order valence-corrected chi connectivity index (χ1v) is 12.2. The minimum atomic E-state index is -1.43. The summed E-state index contributed by atoms with van der Waals surface area (Å²) in [5.74, 6) is -3.92. The van der Waals surface area contributed by atoms with Crippen molar-refractivity contribution < 1.29 is 34.2 Å². The molecule has 0 saturated heterocycles. The van der Waals surface area contributed by atoms with Crippen LogP contribution in [0, 0.1) is 5.92 Å².